The summed E-state index contributed by atoms with van der Waals surface area (Å²) in [5, 5.41) is 20.0. The Kier molecular flexibility index (Phi) is 8.95. The van der Waals surface area contributed by atoms with Crippen LogP contribution in [0.2, 0.25) is 0 Å². The third-order valence-corrected chi connectivity index (χ3v) is 9.06. The van der Waals surface area contributed by atoms with Crippen molar-refractivity contribution in [2.45, 2.75) is 22.7 Å². The van der Waals surface area contributed by atoms with Crippen LogP contribution in [0.15, 0.2) is 137 Å². The van der Waals surface area contributed by atoms with E-state index in [1.165, 1.54) is 34.1 Å². The number of hydrogen-bond acceptors (Lipinski definition) is 8. The molecule has 0 spiro atoms. The molecule has 9 heteroatoms. The van der Waals surface area contributed by atoms with E-state index in [9.17, 15) is 14.7 Å². The minimum absolute atomic E-state index is 0.0314. The van der Waals surface area contributed by atoms with Crippen LogP contribution in [0.1, 0.15) is 28.3 Å². The number of ether oxygens (including phenoxy) is 1. The number of anilines is 1. The molecule has 1 aliphatic rings. The topological polar surface area (TPSA) is 92.6 Å². The van der Waals surface area contributed by atoms with Crippen LogP contribution in [-0.4, -0.2) is 27.0 Å². The number of carbonyl (C=O) groups excluding carboxylic acids is 2. The van der Waals surface area contributed by atoms with Gasteiger partial charge in [-0.15, -0.1) is 10.2 Å². The van der Waals surface area contributed by atoms with Crippen molar-refractivity contribution < 1.29 is 19.4 Å². The fraction of sp³-hybridized carbons (Fsp3) is 0.0857. The average molecular weight is 618 g/mol. The van der Waals surface area contributed by atoms with Crippen LogP contribution in [0.4, 0.5) is 5.13 Å². The Hall–Kier alpha value is -4.99. The molecule has 5 aromatic rings. The Bertz CT molecular complexity index is 1820. The van der Waals surface area contributed by atoms with Gasteiger partial charge in [0.25, 0.3) is 5.91 Å². The highest BCUT2D eigenvalue weighted by Crippen LogP contribution is 2.44. The van der Waals surface area contributed by atoms with E-state index in [2.05, 4.69) is 10.2 Å². The van der Waals surface area contributed by atoms with E-state index in [0.717, 1.165) is 16.7 Å². The smallest absolute Gasteiger partial charge is 0.296 e. The third kappa shape index (κ3) is 6.64. The van der Waals surface area contributed by atoms with E-state index < -0.39 is 23.5 Å². The SMILES string of the molecule is O=C(/C=C/c1ccccc1)C1=C(O)C(=O)N(c2nnc(SCc3ccccc3)s2)C1c1cccc(OCc2ccccc2)c1. The maximum Gasteiger partial charge on any atom is 0.296 e. The van der Waals surface area contributed by atoms with Crippen molar-refractivity contribution in [2.75, 3.05) is 4.90 Å². The van der Waals surface area contributed by atoms with Crippen LogP contribution < -0.4 is 9.64 Å². The lowest BCUT2D eigenvalue weighted by Gasteiger charge is -2.24. The number of thioether (sulfide) groups is 1. The van der Waals surface area contributed by atoms with Gasteiger partial charge >= 0.3 is 0 Å². The Morgan fingerprint density at radius 1 is 0.886 bits per heavy atom. The second kappa shape index (κ2) is 13.5. The van der Waals surface area contributed by atoms with Gasteiger partial charge < -0.3 is 9.84 Å². The van der Waals surface area contributed by atoms with Crippen molar-refractivity contribution in [1.29, 1.82) is 0 Å². The number of hydrogen-bond donors (Lipinski definition) is 1. The van der Waals surface area contributed by atoms with Crippen LogP contribution in [0.25, 0.3) is 6.08 Å². The largest absolute Gasteiger partial charge is 0.503 e. The number of amides is 1. The predicted octanol–water partition coefficient (Wildman–Crippen LogP) is 7.59. The fourth-order valence-corrected chi connectivity index (χ4v) is 6.61. The van der Waals surface area contributed by atoms with Crippen LogP contribution in [0.5, 0.6) is 5.75 Å². The molecule has 6 rings (SSSR count). The molecule has 0 aliphatic carbocycles. The molecule has 1 atom stereocenters. The van der Waals surface area contributed by atoms with Crippen LogP contribution in [-0.2, 0) is 21.9 Å². The van der Waals surface area contributed by atoms with Gasteiger partial charge in [-0.2, -0.15) is 0 Å². The number of aliphatic hydroxyl groups excluding tert-OH is 1. The first-order valence-electron chi connectivity index (χ1n) is 13.9. The van der Waals surface area contributed by atoms with Gasteiger partial charge in [0, 0.05) is 5.75 Å². The molecular formula is C35H27N3O4S2. The minimum Gasteiger partial charge on any atom is -0.503 e. The molecule has 0 fully saturated rings. The van der Waals surface area contributed by atoms with Crippen molar-refractivity contribution in [1.82, 2.24) is 10.2 Å². The number of carbonyl (C=O) groups is 2. The summed E-state index contributed by atoms with van der Waals surface area (Å²) in [7, 11) is 0. The number of ketones is 1. The van der Waals surface area contributed by atoms with Crippen LogP contribution in [0.3, 0.4) is 0 Å². The molecular weight excluding hydrogens is 591 g/mol. The van der Waals surface area contributed by atoms with Gasteiger partial charge in [0.05, 0.1) is 11.6 Å². The molecule has 0 saturated heterocycles. The Morgan fingerprint density at radius 3 is 2.30 bits per heavy atom. The lowest BCUT2D eigenvalue weighted by atomic mass is 9.95. The Balaban J connectivity index is 1.32. The van der Waals surface area contributed by atoms with Crippen LogP contribution in [0, 0.1) is 0 Å². The van der Waals surface area contributed by atoms with E-state index in [0.29, 0.717) is 28.0 Å². The highest BCUT2D eigenvalue weighted by molar-refractivity contribution is 8.00. The zero-order valence-electron chi connectivity index (χ0n) is 23.4. The third-order valence-electron chi connectivity index (χ3n) is 6.93. The molecule has 1 amide bonds. The van der Waals surface area contributed by atoms with Gasteiger partial charge in [0.15, 0.2) is 15.9 Å². The molecule has 2 heterocycles. The molecule has 1 aliphatic heterocycles. The maximum absolute atomic E-state index is 13.6. The van der Waals surface area contributed by atoms with Gasteiger partial charge in [-0.05, 0) is 40.5 Å². The Morgan fingerprint density at radius 2 is 1.57 bits per heavy atom. The summed E-state index contributed by atoms with van der Waals surface area (Å²) in [6.07, 6.45) is 3.04. The van der Waals surface area contributed by atoms with Gasteiger partial charge in [0.1, 0.15) is 12.4 Å². The first kappa shape index (κ1) is 29.1. The summed E-state index contributed by atoms with van der Waals surface area (Å²) in [6, 6.07) is 35.4. The highest BCUT2D eigenvalue weighted by Gasteiger charge is 2.45. The van der Waals surface area contributed by atoms with Crippen molar-refractivity contribution in [2.24, 2.45) is 0 Å². The summed E-state index contributed by atoms with van der Waals surface area (Å²) in [4.78, 5) is 28.6. The van der Waals surface area contributed by atoms with Gasteiger partial charge in [0.2, 0.25) is 5.13 Å². The van der Waals surface area contributed by atoms with Crippen molar-refractivity contribution in [3.05, 3.63) is 155 Å². The zero-order valence-corrected chi connectivity index (χ0v) is 25.1. The first-order chi connectivity index (χ1) is 21.6. The van der Waals surface area contributed by atoms with E-state index in [1.807, 2.05) is 97.1 Å². The predicted molar refractivity (Wildman–Crippen MR) is 173 cm³/mol. The second-order valence-corrected chi connectivity index (χ2v) is 12.1. The zero-order chi connectivity index (χ0) is 30.3. The fourth-order valence-electron chi connectivity index (χ4n) is 4.79. The van der Waals surface area contributed by atoms with E-state index in [1.54, 1.807) is 24.3 Å². The van der Waals surface area contributed by atoms with Crippen molar-refractivity contribution in [3.63, 3.8) is 0 Å². The molecule has 44 heavy (non-hydrogen) atoms. The Labute approximate surface area is 263 Å². The summed E-state index contributed by atoms with van der Waals surface area (Å²) < 4.78 is 6.72. The van der Waals surface area contributed by atoms with Gasteiger partial charge in [-0.3, -0.25) is 14.5 Å². The molecule has 1 aromatic heterocycles. The molecule has 7 nitrogen and oxygen atoms in total. The normalized spacial score (nSPS) is 14.9. The van der Waals surface area contributed by atoms with Crippen LogP contribution >= 0.6 is 23.1 Å². The number of aliphatic hydroxyl groups is 1. The second-order valence-electron chi connectivity index (χ2n) is 9.92. The number of aromatic nitrogens is 2. The molecule has 0 radical (unpaired) electrons. The molecule has 1 N–H and O–H groups in total. The number of rotatable bonds is 11. The number of allylic oxidation sites excluding steroid dienone is 1. The quantitative estimate of drug-likeness (QED) is 0.0927. The van der Waals surface area contributed by atoms with E-state index in [-0.39, 0.29) is 10.7 Å². The lowest BCUT2D eigenvalue weighted by Crippen LogP contribution is -2.30. The highest BCUT2D eigenvalue weighted by atomic mass is 32.2. The first-order valence-corrected chi connectivity index (χ1v) is 15.7. The lowest BCUT2D eigenvalue weighted by molar-refractivity contribution is -0.117. The monoisotopic (exact) mass is 617 g/mol. The molecule has 1 unspecified atom stereocenters. The standard InChI is InChI=1S/C35H27N3O4S2/c39-29(20-19-24-11-4-1-5-12-24)30-31(27-17-10-18-28(21-27)42-22-25-13-6-2-7-14-25)38(33(41)32(30)40)34-36-37-35(44-34)43-23-26-15-8-3-9-16-26/h1-21,31,40H,22-23H2/b20-19+. The summed E-state index contributed by atoms with van der Waals surface area (Å²) >= 11 is 2.74. The van der Waals surface area contributed by atoms with Gasteiger partial charge in [-0.25, -0.2) is 0 Å². The molecule has 218 valence electrons. The molecule has 0 bridgehead atoms. The van der Waals surface area contributed by atoms with E-state index in [4.69, 9.17) is 4.74 Å². The molecule has 4 aromatic carbocycles. The average Bonchev–Trinajstić information content (AvgIpc) is 3.65. The minimum atomic E-state index is -0.935. The van der Waals surface area contributed by atoms with Crippen molar-refractivity contribution in [3.8, 4) is 5.75 Å². The summed E-state index contributed by atoms with van der Waals surface area (Å²) in [6.45, 7) is 0.350. The number of benzene rings is 4. The van der Waals surface area contributed by atoms with Gasteiger partial charge in [-0.1, -0.05) is 132 Å². The summed E-state index contributed by atoms with van der Waals surface area (Å²) in [5.74, 6) is -0.551. The number of nitrogens with zero attached hydrogens (tertiary/aromatic N) is 3. The van der Waals surface area contributed by atoms with Crippen molar-refractivity contribution >= 4 is 46.0 Å². The van der Waals surface area contributed by atoms with E-state index >= 15 is 0 Å². The molecule has 0 saturated carbocycles. The maximum atomic E-state index is 13.6. The summed E-state index contributed by atoms with van der Waals surface area (Å²) in [5.41, 5.74) is 3.52.